The van der Waals surface area contributed by atoms with E-state index < -0.39 is 38.7 Å². The largest absolute Gasteiger partial charge is 0.391 e. The number of aliphatic hydroxyl groups excluding tert-OH is 1. The molecule has 240 valence electrons. The Labute approximate surface area is 243 Å². The number of carbonyl (C=O) groups excluding carboxylic acids is 4. The van der Waals surface area contributed by atoms with Crippen LogP contribution in [0.2, 0.25) is 0 Å². The third-order valence-corrected chi connectivity index (χ3v) is 10.0. The van der Waals surface area contributed by atoms with Crippen molar-refractivity contribution < 1.29 is 52.2 Å². The van der Waals surface area contributed by atoms with E-state index >= 15 is 0 Å². The molecule has 1 aliphatic rings. The van der Waals surface area contributed by atoms with Gasteiger partial charge in [0.05, 0.1) is 49.5 Å². The lowest BCUT2D eigenvalue weighted by atomic mass is 10.1. The lowest BCUT2D eigenvalue weighted by molar-refractivity contribution is -0.138. The van der Waals surface area contributed by atoms with Gasteiger partial charge in [0, 0.05) is 24.9 Å². The number of ketones is 2. The number of rotatable bonds is 16. The van der Waals surface area contributed by atoms with Gasteiger partial charge in [0.25, 0.3) is 0 Å². The summed E-state index contributed by atoms with van der Waals surface area (Å²) in [6.07, 6.45) is -0.340. The molecule has 1 aliphatic heterocycles. The standard InChI is InChI=1S/C14H26NO6P.C12H24NO5P/c1-9(2)13(17)6-14(18)15-7-12(16)5-11(15)8-21-22(19,20)10(3)4;1-9(2)11(14)8-12(15)13-6-5-7-18-19(16,17)10(3)4/h9-12,16H,5-8H2,1-4H3,(H,19,20);9-10H,5-8H2,1-4H3,(H,13,15)(H,16,17)/t11-,12+;/m0./s1. The van der Waals surface area contributed by atoms with Gasteiger partial charge in [-0.15, -0.1) is 0 Å². The van der Waals surface area contributed by atoms with Crippen molar-refractivity contribution in [1.29, 1.82) is 0 Å². The minimum absolute atomic E-state index is 0.102. The summed E-state index contributed by atoms with van der Waals surface area (Å²) in [5.41, 5.74) is -0.976. The highest BCUT2D eigenvalue weighted by atomic mass is 31.2. The molecule has 2 amide bonds. The van der Waals surface area contributed by atoms with E-state index in [0.717, 1.165) is 0 Å². The molecule has 0 bridgehead atoms. The molecule has 4 N–H and O–H groups in total. The van der Waals surface area contributed by atoms with Gasteiger partial charge in [0.2, 0.25) is 11.8 Å². The summed E-state index contributed by atoms with van der Waals surface area (Å²) in [5, 5.41) is 12.3. The van der Waals surface area contributed by atoms with Crippen molar-refractivity contribution in [1.82, 2.24) is 10.2 Å². The zero-order chi connectivity index (χ0) is 32.1. The molecule has 2 unspecified atom stereocenters. The summed E-state index contributed by atoms with van der Waals surface area (Å²) in [5.74, 6) is -1.35. The van der Waals surface area contributed by atoms with Crippen molar-refractivity contribution in [3.63, 3.8) is 0 Å². The first kappa shape index (κ1) is 39.5. The highest BCUT2D eigenvalue weighted by Crippen LogP contribution is 2.48. The number of likely N-dealkylation sites (tertiary alicyclic amines) is 1. The van der Waals surface area contributed by atoms with Gasteiger partial charge in [-0.05, 0) is 12.8 Å². The SMILES string of the molecule is CC(C)C(=O)CC(=O)N1C[C@H](O)C[C@H]1COP(=O)(O)C(C)C.CC(C)C(=O)CC(=O)NCCCOP(=O)(O)C(C)C. The van der Waals surface area contributed by atoms with E-state index in [1.807, 2.05) is 0 Å². The molecule has 1 fully saturated rings. The topological polar surface area (TPSA) is 197 Å². The summed E-state index contributed by atoms with van der Waals surface area (Å²) in [6, 6.07) is -0.485. The first-order valence-corrected chi connectivity index (χ1v) is 17.2. The molecule has 13 nitrogen and oxygen atoms in total. The van der Waals surface area contributed by atoms with Crippen LogP contribution in [0.25, 0.3) is 0 Å². The van der Waals surface area contributed by atoms with E-state index in [0.29, 0.717) is 13.0 Å². The number of aliphatic hydroxyl groups is 1. The Hall–Kier alpha value is -1.46. The summed E-state index contributed by atoms with van der Waals surface area (Å²) >= 11 is 0. The van der Waals surface area contributed by atoms with Gasteiger partial charge in [-0.2, -0.15) is 0 Å². The molecule has 0 aliphatic carbocycles. The van der Waals surface area contributed by atoms with Gasteiger partial charge in [-0.3, -0.25) is 28.3 Å². The van der Waals surface area contributed by atoms with Gasteiger partial charge in [-0.1, -0.05) is 55.4 Å². The molecule has 0 spiro atoms. The molecular formula is C26H50N2O11P2. The third-order valence-electron chi connectivity index (χ3n) is 6.34. The van der Waals surface area contributed by atoms with Crippen LogP contribution in [0.3, 0.4) is 0 Å². The summed E-state index contributed by atoms with van der Waals surface area (Å²) in [6.45, 7) is 13.7. The van der Waals surface area contributed by atoms with E-state index in [-0.39, 0.29) is 74.2 Å². The van der Waals surface area contributed by atoms with Crippen molar-refractivity contribution in [2.24, 2.45) is 11.8 Å². The molecule has 41 heavy (non-hydrogen) atoms. The first-order valence-electron chi connectivity index (χ1n) is 13.9. The van der Waals surface area contributed by atoms with Gasteiger partial charge in [0.1, 0.15) is 11.6 Å². The Balaban J connectivity index is 0.000000790. The molecule has 1 heterocycles. The number of β-amino-alcohol motifs (C(OH)–C–C–N with tert-alkyl or cyclic N) is 1. The van der Waals surface area contributed by atoms with Crippen molar-refractivity contribution in [3.05, 3.63) is 0 Å². The van der Waals surface area contributed by atoms with Crippen molar-refractivity contribution >= 4 is 38.6 Å². The number of Topliss-reactive ketones (excluding diaryl/α,β-unsaturated/α-hetero) is 2. The average molecular weight is 629 g/mol. The highest BCUT2D eigenvalue weighted by Gasteiger charge is 2.37. The third kappa shape index (κ3) is 15.5. The molecule has 4 atom stereocenters. The molecule has 15 heteroatoms. The fourth-order valence-corrected chi connectivity index (χ4v) is 4.59. The summed E-state index contributed by atoms with van der Waals surface area (Å²) in [7, 11) is -7.25. The second-order valence-corrected chi connectivity index (χ2v) is 16.2. The van der Waals surface area contributed by atoms with E-state index in [2.05, 4.69) is 5.32 Å². The predicted molar refractivity (Wildman–Crippen MR) is 155 cm³/mol. The first-order chi connectivity index (χ1) is 18.7. The maximum Gasteiger partial charge on any atom is 0.330 e. The predicted octanol–water partition coefficient (Wildman–Crippen LogP) is 2.89. The second kappa shape index (κ2) is 18.3. The number of nitrogens with one attached hydrogen (secondary N) is 1. The molecule has 1 saturated heterocycles. The van der Waals surface area contributed by atoms with Crippen LogP contribution in [0.5, 0.6) is 0 Å². The monoisotopic (exact) mass is 628 g/mol. The Morgan fingerprint density at radius 1 is 0.854 bits per heavy atom. The van der Waals surface area contributed by atoms with E-state index in [9.17, 15) is 43.2 Å². The van der Waals surface area contributed by atoms with Crippen LogP contribution in [0, 0.1) is 11.8 Å². The van der Waals surface area contributed by atoms with Crippen molar-refractivity contribution in [2.75, 3.05) is 26.3 Å². The molecule has 0 aromatic rings. The van der Waals surface area contributed by atoms with Gasteiger partial charge < -0.3 is 34.2 Å². The highest BCUT2D eigenvalue weighted by molar-refractivity contribution is 7.53. The van der Waals surface area contributed by atoms with Crippen molar-refractivity contribution in [2.45, 2.75) is 105 Å². The van der Waals surface area contributed by atoms with E-state index in [4.69, 9.17) is 9.05 Å². The Kier molecular flexibility index (Phi) is 17.6. The molecule has 0 radical (unpaired) electrons. The number of hydrogen-bond acceptors (Lipinski definition) is 9. The molecule has 1 rings (SSSR count). The van der Waals surface area contributed by atoms with Gasteiger partial charge in [-0.25, -0.2) is 0 Å². The quantitative estimate of drug-likeness (QED) is 0.111. The van der Waals surface area contributed by atoms with E-state index in [1.54, 1.807) is 55.4 Å². The Morgan fingerprint density at radius 3 is 1.83 bits per heavy atom. The van der Waals surface area contributed by atoms with Crippen LogP contribution in [0.15, 0.2) is 0 Å². The number of amides is 2. The average Bonchev–Trinajstić information content (AvgIpc) is 3.23. The van der Waals surface area contributed by atoms with Crippen LogP contribution in [-0.2, 0) is 37.4 Å². The normalized spacial score (nSPS) is 20.0. The van der Waals surface area contributed by atoms with Crippen LogP contribution >= 0.6 is 15.2 Å². The van der Waals surface area contributed by atoms with Crippen LogP contribution in [0.4, 0.5) is 0 Å². The Morgan fingerprint density at radius 2 is 1.34 bits per heavy atom. The minimum atomic E-state index is -3.72. The van der Waals surface area contributed by atoms with Gasteiger partial charge in [0.15, 0.2) is 0 Å². The zero-order valence-electron chi connectivity index (χ0n) is 25.6. The minimum Gasteiger partial charge on any atom is -0.391 e. The molecular weight excluding hydrogens is 578 g/mol. The lowest BCUT2D eigenvalue weighted by Gasteiger charge is -2.26. The smallest absolute Gasteiger partial charge is 0.330 e. The van der Waals surface area contributed by atoms with Crippen LogP contribution in [0.1, 0.15) is 81.1 Å². The maximum absolute atomic E-state index is 12.2. The second-order valence-electron chi connectivity index (χ2n) is 11.3. The molecule has 0 aromatic carbocycles. The van der Waals surface area contributed by atoms with Crippen LogP contribution < -0.4 is 5.32 Å². The Bertz CT molecular complexity index is 969. The van der Waals surface area contributed by atoms with Gasteiger partial charge >= 0.3 is 15.2 Å². The number of nitrogens with zero attached hydrogens (tertiary/aromatic N) is 1. The fourth-order valence-electron chi connectivity index (χ4n) is 3.22. The fraction of sp³-hybridized carbons (Fsp3) is 0.846. The number of carbonyl (C=O) groups is 4. The molecule has 0 saturated carbocycles. The maximum atomic E-state index is 12.2. The van der Waals surface area contributed by atoms with Crippen molar-refractivity contribution in [3.8, 4) is 0 Å². The van der Waals surface area contributed by atoms with Crippen LogP contribution in [-0.4, -0.2) is 92.9 Å². The number of hydrogen-bond donors (Lipinski definition) is 4. The lowest BCUT2D eigenvalue weighted by Crippen LogP contribution is -2.39. The zero-order valence-corrected chi connectivity index (χ0v) is 27.4. The summed E-state index contributed by atoms with van der Waals surface area (Å²) < 4.78 is 33.2. The summed E-state index contributed by atoms with van der Waals surface area (Å²) in [4.78, 5) is 66.9. The van der Waals surface area contributed by atoms with E-state index in [1.165, 1.54) is 4.90 Å². The molecule has 0 aromatic heterocycles.